The van der Waals surface area contributed by atoms with Gasteiger partial charge in [-0.1, -0.05) is 0 Å². The molecular weight excluding hydrogens is 188 g/mol. The minimum atomic E-state index is 0.811. The molecule has 0 bridgehead atoms. The minimum absolute atomic E-state index is 0.811. The average molecular weight is 200 g/mol. The molecule has 0 saturated carbocycles. The molecule has 0 unspecified atom stereocenters. The maximum atomic E-state index is 4.35. The van der Waals surface area contributed by atoms with E-state index >= 15 is 0 Å². The Labute approximate surface area is 87.7 Å². The fraction of sp³-hybridized carbons (Fsp3) is 0.273. The fourth-order valence-corrected chi connectivity index (χ4v) is 1.91. The lowest BCUT2D eigenvalue weighted by Gasteiger charge is -2.09. The monoisotopic (exact) mass is 200 g/mol. The van der Waals surface area contributed by atoms with Gasteiger partial charge in [0.25, 0.3) is 0 Å². The number of nitrogens with one attached hydrogen (secondary N) is 2. The zero-order chi connectivity index (χ0) is 10.1. The predicted molar refractivity (Wildman–Crippen MR) is 59.7 cm³/mol. The van der Waals surface area contributed by atoms with Crippen LogP contribution >= 0.6 is 0 Å². The summed E-state index contributed by atoms with van der Waals surface area (Å²) in [6.07, 6.45) is 3.67. The molecule has 4 nitrogen and oxygen atoms in total. The summed E-state index contributed by atoms with van der Waals surface area (Å²) in [5.41, 5.74) is 3.21. The van der Waals surface area contributed by atoms with E-state index in [2.05, 4.69) is 26.7 Å². The molecule has 0 aliphatic carbocycles. The van der Waals surface area contributed by atoms with Gasteiger partial charge in [0, 0.05) is 43.0 Å². The smallest absolute Gasteiger partial charge is 0.161 e. The van der Waals surface area contributed by atoms with Gasteiger partial charge >= 0.3 is 0 Å². The third-order valence-electron chi connectivity index (χ3n) is 2.64. The van der Waals surface area contributed by atoms with E-state index in [-0.39, 0.29) is 0 Å². The first-order valence-corrected chi connectivity index (χ1v) is 5.12. The highest BCUT2D eigenvalue weighted by Crippen LogP contribution is 2.25. The molecule has 0 fully saturated rings. The molecule has 0 radical (unpaired) electrons. The van der Waals surface area contributed by atoms with E-state index in [0.29, 0.717) is 0 Å². The molecule has 4 heteroatoms. The summed E-state index contributed by atoms with van der Waals surface area (Å²) in [7, 11) is 0. The van der Waals surface area contributed by atoms with Crippen molar-refractivity contribution in [3.05, 3.63) is 30.1 Å². The van der Waals surface area contributed by atoms with Crippen LogP contribution in [-0.4, -0.2) is 23.1 Å². The lowest BCUT2D eigenvalue weighted by Crippen LogP contribution is -2.16. The molecule has 1 aliphatic heterocycles. The molecule has 2 aromatic heterocycles. The maximum Gasteiger partial charge on any atom is 0.161 e. The number of fused-ring (bicyclic) bond motifs is 3. The van der Waals surface area contributed by atoms with Crippen LogP contribution in [-0.2, 0) is 6.54 Å². The van der Waals surface area contributed by atoms with Crippen LogP contribution in [0.2, 0.25) is 0 Å². The highest BCUT2D eigenvalue weighted by Gasteiger charge is 2.10. The average Bonchev–Trinajstić information content (AvgIpc) is 2.54. The number of hydrogen-bond donors (Lipinski definition) is 2. The normalized spacial score (nSPS) is 15.5. The number of pyridine rings is 2. The standard InChI is InChI=1S/C11H12N4/c1-2-9-10-8(6-12-4-5-13-10)7-15-11(9)14-3-1/h1-3,7,12-13H,4-6H2. The van der Waals surface area contributed by atoms with Crippen molar-refractivity contribution in [3.8, 4) is 0 Å². The number of nitrogens with zero attached hydrogens (tertiary/aromatic N) is 2. The zero-order valence-corrected chi connectivity index (χ0v) is 8.33. The second-order valence-electron chi connectivity index (χ2n) is 3.64. The molecule has 0 spiro atoms. The number of rotatable bonds is 0. The van der Waals surface area contributed by atoms with Gasteiger partial charge in [-0.05, 0) is 12.1 Å². The fourth-order valence-electron chi connectivity index (χ4n) is 1.91. The van der Waals surface area contributed by atoms with Gasteiger partial charge in [0.05, 0.1) is 5.69 Å². The summed E-state index contributed by atoms with van der Waals surface area (Å²) in [5, 5.41) is 7.88. The molecule has 0 amide bonds. The highest BCUT2D eigenvalue weighted by atomic mass is 15.0. The van der Waals surface area contributed by atoms with Gasteiger partial charge in [0.15, 0.2) is 5.65 Å². The van der Waals surface area contributed by atoms with E-state index in [1.165, 1.54) is 11.3 Å². The summed E-state index contributed by atoms with van der Waals surface area (Å²) in [6, 6.07) is 4.01. The molecular formula is C11H12N4. The first-order chi connectivity index (χ1) is 7.45. The third kappa shape index (κ3) is 1.43. The summed E-state index contributed by atoms with van der Waals surface area (Å²) in [6.45, 7) is 2.80. The summed E-state index contributed by atoms with van der Waals surface area (Å²) < 4.78 is 0. The summed E-state index contributed by atoms with van der Waals surface area (Å²) >= 11 is 0. The Balaban J connectivity index is 2.27. The highest BCUT2D eigenvalue weighted by molar-refractivity contribution is 5.90. The quantitative estimate of drug-likeness (QED) is 0.669. The number of anilines is 1. The van der Waals surface area contributed by atoms with E-state index in [4.69, 9.17) is 0 Å². The van der Waals surface area contributed by atoms with E-state index in [0.717, 1.165) is 30.7 Å². The van der Waals surface area contributed by atoms with Gasteiger partial charge in [-0.15, -0.1) is 0 Å². The van der Waals surface area contributed by atoms with Gasteiger partial charge in [0.2, 0.25) is 0 Å². The Hall–Kier alpha value is -1.68. The first-order valence-electron chi connectivity index (χ1n) is 5.12. The summed E-state index contributed by atoms with van der Waals surface area (Å²) in [5.74, 6) is 0. The molecule has 1 aliphatic rings. The Kier molecular flexibility index (Phi) is 1.99. The van der Waals surface area contributed by atoms with Crippen molar-refractivity contribution < 1.29 is 0 Å². The third-order valence-corrected chi connectivity index (χ3v) is 2.64. The van der Waals surface area contributed by atoms with Crippen LogP contribution < -0.4 is 10.6 Å². The van der Waals surface area contributed by atoms with Crippen molar-refractivity contribution in [2.24, 2.45) is 0 Å². The second-order valence-corrected chi connectivity index (χ2v) is 3.64. The van der Waals surface area contributed by atoms with Gasteiger partial charge in [0.1, 0.15) is 0 Å². The van der Waals surface area contributed by atoms with Crippen molar-refractivity contribution in [2.45, 2.75) is 6.54 Å². The number of aromatic nitrogens is 2. The maximum absolute atomic E-state index is 4.35. The van der Waals surface area contributed by atoms with Gasteiger partial charge in [-0.25, -0.2) is 9.97 Å². The van der Waals surface area contributed by atoms with Crippen LogP contribution in [0.3, 0.4) is 0 Å². The van der Waals surface area contributed by atoms with Crippen LogP contribution in [0, 0.1) is 0 Å². The molecule has 0 saturated heterocycles. The predicted octanol–water partition coefficient (Wildman–Crippen LogP) is 1.14. The topological polar surface area (TPSA) is 49.8 Å². The Morgan fingerprint density at radius 1 is 1.20 bits per heavy atom. The van der Waals surface area contributed by atoms with Crippen LogP contribution in [0.1, 0.15) is 5.56 Å². The molecule has 0 aromatic carbocycles. The Morgan fingerprint density at radius 3 is 3.20 bits per heavy atom. The van der Waals surface area contributed by atoms with Crippen LogP contribution in [0.15, 0.2) is 24.5 Å². The minimum Gasteiger partial charge on any atom is -0.383 e. The molecule has 2 aromatic rings. The molecule has 15 heavy (non-hydrogen) atoms. The SMILES string of the molecule is c1cnc2ncc3c(c2c1)NCCNC3. The molecule has 76 valence electrons. The van der Waals surface area contributed by atoms with Crippen molar-refractivity contribution in [1.82, 2.24) is 15.3 Å². The van der Waals surface area contributed by atoms with E-state index in [1.54, 1.807) is 6.20 Å². The number of hydrogen-bond acceptors (Lipinski definition) is 4. The molecule has 2 N–H and O–H groups in total. The van der Waals surface area contributed by atoms with Crippen LogP contribution in [0.5, 0.6) is 0 Å². The zero-order valence-electron chi connectivity index (χ0n) is 8.33. The van der Waals surface area contributed by atoms with Crippen LogP contribution in [0.25, 0.3) is 11.0 Å². The largest absolute Gasteiger partial charge is 0.383 e. The van der Waals surface area contributed by atoms with Crippen molar-refractivity contribution in [3.63, 3.8) is 0 Å². The van der Waals surface area contributed by atoms with Gasteiger partial charge < -0.3 is 10.6 Å². The van der Waals surface area contributed by atoms with E-state index in [1.807, 2.05) is 12.3 Å². The van der Waals surface area contributed by atoms with Gasteiger partial charge in [-0.3, -0.25) is 0 Å². The lowest BCUT2D eigenvalue weighted by atomic mass is 10.1. The van der Waals surface area contributed by atoms with Crippen molar-refractivity contribution in [1.29, 1.82) is 0 Å². The lowest BCUT2D eigenvalue weighted by molar-refractivity contribution is 0.724. The molecule has 0 atom stereocenters. The van der Waals surface area contributed by atoms with E-state index < -0.39 is 0 Å². The second kappa shape index (κ2) is 3.47. The Morgan fingerprint density at radius 2 is 2.20 bits per heavy atom. The van der Waals surface area contributed by atoms with Crippen LogP contribution in [0.4, 0.5) is 5.69 Å². The first kappa shape index (κ1) is 8.61. The van der Waals surface area contributed by atoms with Gasteiger partial charge in [-0.2, -0.15) is 0 Å². The van der Waals surface area contributed by atoms with E-state index in [9.17, 15) is 0 Å². The molecule has 3 heterocycles. The summed E-state index contributed by atoms with van der Waals surface area (Å²) in [4.78, 5) is 8.59. The Bertz CT molecular complexity index is 495. The van der Waals surface area contributed by atoms with Crippen molar-refractivity contribution in [2.75, 3.05) is 18.4 Å². The van der Waals surface area contributed by atoms with Crippen molar-refractivity contribution >= 4 is 16.7 Å². The molecule has 3 rings (SSSR count).